The maximum absolute atomic E-state index is 10.3. The predicted molar refractivity (Wildman–Crippen MR) is 40.3 cm³/mol. The van der Waals surface area contributed by atoms with Crippen molar-refractivity contribution in [2.45, 2.75) is 18.9 Å². The Labute approximate surface area is 63.0 Å². The van der Waals surface area contributed by atoms with Gasteiger partial charge in [0.15, 0.2) is 10.7 Å². The molecule has 1 rings (SSSR count). The van der Waals surface area contributed by atoms with E-state index in [-0.39, 0.29) is 11.9 Å². The minimum absolute atomic E-state index is 0.184. The van der Waals surface area contributed by atoms with Crippen LogP contribution < -0.4 is 0 Å². The highest BCUT2D eigenvalue weighted by molar-refractivity contribution is 7.72. The Morgan fingerprint density at radius 3 is 2.70 bits per heavy atom. The summed E-state index contributed by atoms with van der Waals surface area (Å²) in [7, 11) is -2.25. The number of rotatable bonds is 2. The lowest BCUT2D eigenvalue weighted by molar-refractivity contribution is 0.334. The fourth-order valence-corrected chi connectivity index (χ4v) is 1.90. The summed E-state index contributed by atoms with van der Waals surface area (Å²) in [5.41, 5.74) is 0. The first-order valence-corrected chi connectivity index (χ1v) is 4.75. The normalized spacial score (nSPS) is 28.0. The number of hydrogen-bond donors (Lipinski definition) is 1. The van der Waals surface area contributed by atoms with E-state index in [0.717, 1.165) is 19.4 Å². The van der Waals surface area contributed by atoms with Gasteiger partial charge in [0.05, 0.1) is 5.88 Å². The number of nitrogens with zero attached hydrogens (tertiary/aromatic N) is 1. The van der Waals surface area contributed by atoms with Crippen LogP contribution in [-0.2, 0) is 10.7 Å². The van der Waals surface area contributed by atoms with Gasteiger partial charge in [0, 0.05) is 6.04 Å². The third kappa shape index (κ3) is 1.95. The Morgan fingerprint density at radius 2 is 2.30 bits per heavy atom. The highest BCUT2D eigenvalue weighted by Crippen LogP contribution is 2.14. The molecule has 4 heteroatoms. The molecular weight excluding hydrogens is 150 g/mol. The van der Waals surface area contributed by atoms with Crippen LogP contribution in [0.4, 0.5) is 0 Å². The van der Waals surface area contributed by atoms with E-state index in [1.165, 1.54) is 0 Å². The fourth-order valence-electron chi connectivity index (χ4n) is 1.23. The first-order valence-electron chi connectivity index (χ1n) is 3.39. The van der Waals surface area contributed by atoms with E-state index >= 15 is 0 Å². The Bertz CT molecular complexity index is 171. The summed E-state index contributed by atoms with van der Waals surface area (Å²) in [6.07, 6.45) is 2.11. The number of likely N-dealkylation sites (tertiary alicyclic amines) is 1. The molecule has 1 unspecified atom stereocenters. The summed E-state index contributed by atoms with van der Waals surface area (Å²) in [6.45, 7) is 4.72. The van der Waals surface area contributed by atoms with Crippen molar-refractivity contribution >= 4 is 10.7 Å². The molecule has 1 radical (unpaired) electrons. The largest absolute Gasteiger partial charge is 0.287 e. The van der Waals surface area contributed by atoms with Crippen LogP contribution in [0.15, 0.2) is 0 Å². The molecule has 1 saturated heterocycles. The number of hydrogen-bond acceptors (Lipinski definition) is 3. The monoisotopic (exact) mass is 162 g/mol. The van der Waals surface area contributed by atoms with E-state index in [1.54, 1.807) is 0 Å². The maximum atomic E-state index is 10.3. The van der Waals surface area contributed by atoms with Crippen LogP contribution in [0.2, 0.25) is 0 Å². The Balaban J connectivity index is 2.40. The molecule has 0 aliphatic carbocycles. The highest BCUT2D eigenvalue weighted by Gasteiger charge is 2.19. The Kier molecular flexibility index (Phi) is 2.68. The standard InChI is InChI=1S/C6H12NO2S/c1-6-3-2-4-7(6)5-10(8)9/h6,10H,1-5H2. The maximum Gasteiger partial charge on any atom is 0.153 e. The van der Waals surface area contributed by atoms with Crippen molar-refractivity contribution in [3.63, 3.8) is 0 Å². The zero-order valence-corrected chi connectivity index (χ0v) is 6.72. The molecule has 0 aromatic carbocycles. The van der Waals surface area contributed by atoms with Gasteiger partial charge in [-0.25, -0.2) is 8.42 Å². The molecule has 0 bridgehead atoms. The van der Waals surface area contributed by atoms with Crippen molar-refractivity contribution in [2.75, 3.05) is 12.4 Å². The zero-order valence-electron chi connectivity index (χ0n) is 5.82. The summed E-state index contributed by atoms with van der Waals surface area (Å²) >= 11 is 0. The summed E-state index contributed by atoms with van der Waals surface area (Å²) in [5.74, 6) is 0.184. The summed E-state index contributed by atoms with van der Waals surface area (Å²) in [5, 5.41) is 0. The van der Waals surface area contributed by atoms with Crippen molar-refractivity contribution in [3.05, 3.63) is 6.92 Å². The summed E-state index contributed by atoms with van der Waals surface area (Å²) in [4.78, 5) is 1.89. The SMILES string of the molecule is [CH2]C1CCCN1C[SH](=O)=O. The molecule has 0 amide bonds. The first-order chi connectivity index (χ1) is 4.70. The first kappa shape index (κ1) is 8.01. The minimum Gasteiger partial charge on any atom is -0.287 e. The van der Waals surface area contributed by atoms with Crippen LogP contribution in [0.1, 0.15) is 12.8 Å². The third-order valence-electron chi connectivity index (χ3n) is 1.80. The van der Waals surface area contributed by atoms with Crippen molar-refractivity contribution in [1.29, 1.82) is 0 Å². The lowest BCUT2D eigenvalue weighted by atomic mass is 10.2. The van der Waals surface area contributed by atoms with Gasteiger partial charge in [0.2, 0.25) is 0 Å². The van der Waals surface area contributed by atoms with Gasteiger partial charge < -0.3 is 0 Å². The fraction of sp³-hybridized carbons (Fsp3) is 0.833. The third-order valence-corrected chi connectivity index (χ3v) is 2.39. The second-order valence-electron chi connectivity index (χ2n) is 2.58. The van der Waals surface area contributed by atoms with E-state index in [2.05, 4.69) is 6.92 Å². The summed E-state index contributed by atoms with van der Waals surface area (Å²) in [6, 6.07) is 0.216. The van der Waals surface area contributed by atoms with Crippen molar-refractivity contribution in [2.24, 2.45) is 0 Å². The zero-order chi connectivity index (χ0) is 7.56. The quantitative estimate of drug-likeness (QED) is 0.574. The molecular formula is C6H12NO2S. The molecule has 10 heavy (non-hydrogen) atoms. The molecule has 1 heterocycles. The van der Waals surface area contributed by atoms with Crippen LogP contribution in [-0.4, -0.2) is 31.8 Å². The van der Waals surface area contributed by atoms with Gasteiger partial charge in [-0.2, -0.15) is 0 Å². The smallest absolute Gasteiger partial charge is 0.153 e. The van der Waals surface area contributed by atoms with Gasteiger partial charge in [0.1, 0.15) is 0 Å². The van der Waals surface area contributed by atoms with Crippen LogP contribution in [0.25, 0.3) is 0 Å². The molecule has 0 aromatic heterocycles. The predicted octanol–water partition coefficient (Wildman–Crippen LogP) is -0.146. The van der Waals surface area contributed by atoms with E-state index < -0.39 is 10.7 Å². The van der Waals surface area contributed by atoms with Gasteiger partial charge in [-0.3, -0.25) is 4.90 Å². The van der Waals surface area contributed by atoms with Gasteiger partial charge in [-0.05, 0) is 26.3 Å². The Hall–Kier alpha value is -0.0900. The minimum atomic E-state index is -2.25. The molecule has 1 aliphatic rings. The van der Waals surface area contributed by atoms with Gasteiger partial charge >= 0.3 is 0 Å². The molecule has 1 aliphatic heterocycles. The van der Waals surface area contributed by atoms with Crippen LogP contribution in [0, 0.1) is 6.92 Å². The summed E-state index contributed by atoms with van der Waals surface area (Å²) < 4.78 is 20.5. The highest BCUT2D eigenvalue weighted by atomic mass is 32.2. The number of thiol groups is 1. The van der Waals surface area contributed by atoms with E-state index in [9.17, 15) is 8.42 Å². The van der Waals surface area contributed by atoms with Crippen molar-refractivity contribution in [1.82, 2.24) is 4.90 Å². The second-order valence-corrected chi connectivity index (χ2v) is 3.53. The van der Waals surface area contributed by atoms with E-state index in [0.29, 0.717) is 0 Å². The lowest BCUT2D eigenvalue weighted by Crippen LogP contribution is -2.28. The molecule has 0 N–H and O–H groups in total. The molecule has 0 spiro atoms. The van der Waals surface area contributed by atoms with E-state index in [4.69, 9.17) is 0 Å². The molecule has 0 saturated carbocycles. The van der Waals surface area contributed by atoms with Crippen LogP contribution >= 0.6 is 0 Å². The van der Waals surface area contributed by atoms with Gasteiger partial charge in [0.25, 0.3) is 0 Å². The molecule has 1 fully saturated rings. The second kappa shape index (κ2) is 3.34. The van der Waals surface area contributed by atoms with Crippen molar-refractivity contribution in [3.8, 4) is 0 Å². The van der Waals surface area contributed by atoms with Crippen molar-refractivity contribution < 1.29 is 8.42 Å². The van der Waals surface area contributed by atoms with Crippen LogP contribution in [0.5, 0.6) is 0 Å². The average molecular weight is 162 g/mol. The lowest BCUT2D eigenvalue weighted by Gasteiger charge is -2.16. The van der Waals surface area contributed by atoms with Gasteiger partial charge in [-0.1, -0.05) is 0 Å². The van der Waals surface area contributed by atoms with Gasteiger partial charge in [-0.15, -0.1) is 0 Å². The average Bonchev–Trinajstić information content (AvgIpc) is 2.15. The van der Waals surface area contributed by atoms with Crippen LogP contribution in [0.3, 0.4) is 0 Å². The molecule has 0 aromatic rings. The molecule has 59 valence electrons. The molecule has 1 atom stereocenters. The van der Waals surface area contributed by atoms with E-state index in [1.807, 2.05) is 4.90 Å². The topological polar surface area (TPSA) is 37.4 Å². The molecule has 3 nitrogen and oxygen atoms in total. The Morgan fingerprint density at radius 1 is 1.60 bits per heavy atom.